The van der Waals surface area contributed by atoms with E-state index in [2.05, 4.69) is 4.72 Å². The van der Waals surface area contributed by atoms with Crippen molar-refractivity contribution >= 4 is 15.7 Å². The van der Waals surface area contributed by atoms with Crippen LogP contribution in [0.15, 0.2) is 23.1 Å². The van der Waals surface area contributed by atoms with Gasteiger partial charge in [0.25, 0.3) is 0 Å². The summed E-state index contributed by atoms with van der Waals surface area (Å²) in [6.45, 7) is 1.07. The minimum absolute atomic E-state index is 0.0876. The first-order valence-electron chi connectivity index (χ1n) is 5.64. The first-order chi connectivity index (χ1) is 8.49. The van der Waals surface area contributed by atoms with Gasteiger partial charge in [0.1, 0.15) is 10.7 Å². The highest BCUT2D eigenvalue weighted by Gasteiger charge is 2.23. The van der Waals surface area contributed by atoms with Crippen molar-refractivity contribution < 1.29 is 17.5 Å². The maximum Gasteiger partial charge on any atom is 0.242 e. The molecule has 2 rings (SSSR count). The van der Waals surface area contributed by atoms with Gasteiger partial charge in [-0.3, -0.25) is 0 Å². The molecular weight excluding hydrogens is 259 g/mol. The Kier molecular flexibility index (Phi) is 3.84. The lowest BCUT2D eigenvalue weighted by Gasteiger charge is -2.23. The monoisotopic (exact) mass is 274 g/mol. The number of sulfonamides is 1. The zero-order chi connectivity index (χ0) is 13.2. The number of nitrogens with one attached hydrogen (secondary N) is 1. The van der Waals surface area contributed by atoms with Crippen LogP contribution in [0.2, 0.25) is 0 Å². The van der Waals surface area contributed by atoms with Gasteiger partial charge in [-0.1, -0.05) is 0 Å². The maximum absolute atomic E-state index is 12.9. The third-order valence-electron chi connectivity index (χ3n) is 2.80. The molecule has 7 heteroatoms. The van der Waals surface area contributed by atoms with E-state index in [4.69, 9.17) is 10.5 Å². The van der Waals surface area contributed by atoms with Crippen LogP contribution in [0.4, 0.5) is 10.1 Å². The molecule has 0 unspecified atom stereocenters. The van der Waals surface area contributed by atoms with Crippen LogP contribution in [0.3, 0.4) is 0 Å². The minimum atomic E-state index is -3.70. The van der Waals surface area contributed by atoms with Crippen LogP contribution < -0.4 is 10.5 Å². The summed E-state index contributed by atoms with van der Waals surface area (Å²) in [5.74, 6) is -0.558. The quantitative estimate of drug-likeness (QED) is 0.801. The molecule has 0 aliphatic carbocycles. The lowest BCUT2D eigenvalue weighted by atomic mass is 10.1. The number of ether oxygens (including phenoxy) is 1. The molecule has 1 aliphatic heterocycles. The molecule has 0 bridgehead atoms. The van der Waals surface area contributed by atoms with Crippen LogP contribution in [0.5, 0.6) is 0 Å². The molecule has 1 heterocycles. The van der Waals surface area contributed by atoms with Crippen molar-refractivity contribution in [1.82, 2.24) is 4.72 Å². The SMILES string of the molecule is Nc1cc(F)ccc1S(=O)(=O)NC1CCOCC1. The molecule has 0 atom stereocenters. The molecule has 1 aromatic rings. The van der Waals surface area contributed by atoms with Crippen molar-refractivity contribution in [1.29, 1.82) is 0 Å². The smallest absolute Gasteiger partial charge is 0.242 e. The maximum atomic E-state index is 12.9. The van der Waals surface area contributed by atoms with E-state index in [0.717, 1.165) is 12.1 Å². The van der Waals surface area contributed by atoms with Crippen LogP contribution in [0.25, 0.3) is 0 Å². The molecule has 0 spiro atoms. The van der Waals surface area contributed by atoms with E-state index in [-0.39, 0.29) is 16.6 Å². The summed E-state index contributed by atoms with van der Waals surface area (Å²) in [6.07, 6.45) is 1.25. The highest BCUT2D eigenvalue weighted by atomic mass is 32.2. The number of hydrogen-bond donors (Lipinski definition) is 2. The molecule has 0 saturated carbocycles. The highest BCUT2D eigenvalue weighted by molar-refractivity contribution is 7.89. The van der Waals surface area contributed by atoms with Crippen molar-refractivity contribution in [3.8, 4) is 0 Å². The Balaban J connectivity index is 2.19. The van der Waals surface area contributed by atoms with Gasteiger partial charge in [-0.05, 0) is 31.0 Å². The lowest BCUT2D eigenvalue weighted by molar-refractivity contribution is 0.0832. The van der Waals surface area contributed by atoms with Gasteiger partial charge >= 0.3 is 0 Å². The molecule has 1 saturated heterocycles. The Labute approximate surface area is 105 Å². The number of rotatable bonds is 3. The summed E-state index contributed by atoms with van der Waals surface area (Å²) >= 11 is 0. The number of hydrogen-bond acceptors (Lipinski definition) is 4. The Morgan fingerprint density at radius 2 is 2.00 bits per heavy atom. The normalized spacial score (nSPS) is 17.8. The van der Waals surface area contributed by atoms with Crippen LogP contribution >= 0.6 is 0 Å². The van der Waals surface area contributed by atoms with Crippen LogP contribution in [0, 0.1) is 5.82 Å². The van der Waals surface area contributed by atoms with E-state index in [1.807, 2.05) is 0 Å². The van der Waals surface area contributed by atoms with Crippen LogP contribution in [-0.2, 0) is 14.8 Å². The average molecular weight is 274 g/mol. The van der Waals surface area contributed by atoms with Crippen molar-refractivity contribution in [3.05, 3.63) is 24.0 Å². The second-order valence-corrected chi connectivity index (χ2v) is 5.87. The highest BCUT2D eigenvalue weighted by Crippen LogP contribution is 2.20. The molecule has 5 nitrogen and oxygen atoms in total. The Morgan fingerprint density at radius 3 is 2.61 bits per heavy atom. The summed E-state index contributed by atoms with van der Waals surface area (Å²) in [5, 5.41) is 0. The van der Waals surface area contributed by atoms with Crippen molar-refractivity contribution in [2.45, 2.75) is 23.8 Å². The van der Waals surface area contributed by atoms with Gasteiger partial charge < -0.3 is 10.5 Å². The minimum Gasteiger partial charge on any atom is -0.398 e. The molecule has 0 aromatic heterocycles. The summed E-state index contributed by atoms with van der Waals surface area (Å²) < 4.78 is 44.8. The van der Waals surface area contributed by atoms with E-state index in [1.54, 1.807) is 0 Å². The van der Waals surface area contributed by atoms with Gasteiger partial charge in [0, 0.05) is 19.3 Å². The molecule has 0 radical (unpaired) electrons. The fourth-order valence-electron chi connectivity index (χ4n) is 1.86. The predicted octanol–water partition coefficient (Wildman–Crippen LogP) is 0.865. The van der Waals surface area contributed by atoms with E-state index in [9.17, 15) is 12.8 Å². The predicted molar refractivity (Wildman–Crippen MR) is 65.0 cm³/mol. The summed E-state index contributed by atoms with van der Waals surface area (Å²) in [6, 6.07) is 3.09. The van der Waals surface area contributed by atoms with E-state index < -0.39 is 15.8 Å². The van der Waals surface area contributed by atoms with Crippen LogP contribution in [-0.4, -0.2) is 27.7 Å². The lowest BCUT2D eigenvalue weighted by Crippen LogP contribution is -2.39. The molecular formula is C11H15FN2O3S. The Morgan fingerprint density at radius 1 is 1.33 bits per heavy atom. The first kappa shape index (κ1) is 13.3. The number of nitrogens with two attached hydrogens (primary N) is 1. The van der Waals surface area contributed by atoms with Gasteiger partial charge in [0.2, 0.25) is 10.0 Å². The largest absolute Gasteiger partial charge is 0.398 e. The van der Waals surface area contributed by atoms with Gasteiger partial charge in [0.05, 0.1) is 5.69 Å². The third kappa shape index (κ3) is 2.98. The molecule has 1 fully saturated rings. The van der Waals surface area contributed by atoms with Crippen molar-refractivity contribution in [2.75, 3.05) is 18.9 Å². The van der Waals surface area contributed by atoms with Crippen molar-refractivity contribution in [2.24, 2.45) is 0 Å². The zero-order valence-corrected chi connectivity index (χ0v) is 10.5. The summed E-state index contributed by atoms with van der Waals surface area (Å²) in [7, 11) is -3.70. The molecule has 18 heavy (non-hydrogen) atoms. The number of benzene rings is 1. The van der Waals surface area contributed by atoms with Crippen LogP contribution in [0.1, 0.15) is 12.8 Å². The van der Waals surface area contributed by atoms with Crippen molar-refractivity contribution in [3.63, 3.8) is 0 Å². The topological polar surface area (TPSA) is 81.4 Å². The molecule has 1 aromatic carbocycles. The number of halogens is 1. The van der Waals surface area contributed by atoms with E-state index in [0.29, 0.717) is 26.1 Å². The average Bonchev–Trinajstić information content (AvgIpc) is 2.29. The van der Waals surface area contributed by atoms with Gasteiger partial charge in [0.15, 0.2) is 0 Å². The second kappa shape index (κ2) is 5.21. The fourth-order valence-corrected chi connectivity index (χ4v) is 3.28. The van der Waals surface area contributed by atoms with Gasteiger partial charge in [-0.25, -0.2) is 17.5 Å². The molecule has 100 valence electrons. The van der Waals surface area contributed by atoms with E-state index in [1.165, 1.54) is 6.07 Å². The van der Waals surface area contributed by atoms with E-state index >= 15 is 0 Å². The molecule has 3 N–H and O–H groups in total. The second-order valence-electron chi connectivity index (χ2n) is 4.19. The fraction of sp³-hybridized carbons (Fsp3) is 0.455. The molecule has 1 aliphatic rings. The van der Waals surface area contributed by atoms with Gasteiger partial charge in [-0.2, -0.15) is 0 Å². The number of anilines is 1. The third-order valence-corrected chi connectivity index (χ3v) is 4.40. The number of nitrogen functional groups attached to an aromatic ring is 1. The Hall–Kier alpha value is -1.18. The Bertz CT molecular complexity index is 527. The standard InChI is InChI=1S/C11H15FN2O3S/c12-8-1-2-11(10(13)7-8)18(15,16)14-9-3-5-17-6-4-9/h1-2,7,9,14H,3-6,13H2. The summed E-state index contributed by atoms with van der Waals surface area (Å²) in [5.41, 5.74) is 5.44. The first-order valence-corrected chi connectivity index (χ1v) is 7.12. The summed E-state index contributed by atoms with van der Waals surface area (Å²) in [4.78, 5) is -0.0876. The zero-order valence-electron chi connectivity index (χ0n) is 9.73. The molecule has 0 amide bonds. The van der Waals surface area contributed by atoms with Gasteiger partial charge in [-0.15, -0.1) is 0 Å².